The molecule has 0 aliphatic heterocycles. The number of nitrogens with one attached hydrogen (secondary N) is 1. The van der Waals surface area contributed by atoms with Crippen molar-refractivity contribution in [2.24, 2.45) is 0 Å². The van der Waals surface area contributed by atoms with Crippen molar-refractivity contribution in [3.05, 3.63) is 125 Å². The maximum absolute atomic E-state index is 14.6. The third-order valence-corrected chi connectivity index (χ3v) is 9.57. The summed E-state index contributed by atoms with van der Waals surface area (Å²) < 4.78 is 34.8. The van der Waals surface area contributed by atoms with E-state index in [1.54, 1.807) is 36.4 Å². The fourth-order valence-corrected chi connectivity index (χ4v) is 6.60. The smallest absolute Gasteiger partial charge is 0.264 e. The average Bonchev–Trinajstić information content (AvgIpc) is 3.06. The lowest BCUT2D eigenvalue weighted by atomic mass is 10.0. The largest absolute Gasteiger partial charge is 0.497 e. The molecule has 0 radical (unpaired) electrons. The number of amides is 2. The van der Waals surface area contributed by atoms with Crippen LogP contribution >= 0.6 is 0 Å². The quantitative estimate of drug-likeness (QED) is 0.159. The molecule has 1 unspecified atom stereocenters. The Morgan fingerprint density at radius 1 is 0.826 bits per heavy atom. The Labute approximate surface area is 273 Å². The summed E-state index contributed by atoms with van der Waals surface area (Å²) in [6, 6.07) is 29.5. The van der Waals surface area contributed by atoms with Crippen molar-refractivity contribution < 1.29 is 22.7 Å². The first-order valence-corrected chi connectivity index (χ1v) is 17.0. The van der Waals surface area contributed by atoms with Gasteiger partial charge in [0, 0.05) is 19.5 Å². The van der Waals surface area contributed by atoms with Gasteiger partial charge in [-0.15, -0.1) is 0 Å². The molecule has 1 atom stereocenters. The molecule has 0 bridgehead atoms. The van der Waals surface area contributed by atoms with Gasteiger partial charge < -0.3 is 15.0 Å². The summed E-state index contributed by atoms with van der Waals surface area (Å²) in [6.07, 6.45) is 1.97. The molecule has 8 nitrogen and oxygen atoms in total. The number of sulfonamides is 1. The van der Waals surface area contributed by atoms with Gasteiger partial charge in [0.1, 0.15) is 18.3 Å². The second kappa shape index (κ2) is 16.1. The highest BCUT2D eigenvalue weighted by molar-refractivity contribution is 7.92. The monoisotopic (exact) mass is 641 g/mol. The molecular formula is C37H43N3O5S. The Balaban J connectivity index is 1.79. The van der Waals surface area contributed by atoms with Crippen molar-refractivity contribution in [1.82, 2.24) is 10.2 Å². The van der Waals surface area contributed by atoms with Crippen LogP contribution in [0.4, 0.5) is 5.69 Å². The number of carbonyl (C=O) groups is 2. The third-order valence-electron chi connectivity index (χ3n) is 7.78. The summed E-state index contributed by atoms with van der Waals surface area (Å²) in [5.41, 5.74) is 3.95. The number of carbonyl (C=O) groups excluding carboxylic acids is 2. The molecule has 9 heteroatoms. The van der Waals surface area contributed by atoms with E-state index >= 15 is 0 Å². The lowest BCUT2D eigenvalue weighted by Crippen LogP contribution is -2.53. The van der Waals surface area contributed by atoms with Crippen molar-refractivity contribution in [2.45, 2.75) is 57.5 Å². The van der Waals surface area contributed by atoms with Gasteiger partial charge >= 0.3 is 0 Å². The molecule has 0 heterocycles. The molecule has 0 aliphatic rings. The first kappa shape index (κ1) is 34.2. The van der Waals surface area contributed by atoms with E-state index in [1.807, 2.05) is 75.4 Å². The Bertz CT molecular complexity index is 1690. The predicted molar refractivity (Wildman–Crippen MR) is 182 cm³/mol. The molecule has 0 spiro atoms. The molecule has 0 fully saturated rings. The number of aryl methyl sites for hydroxylation is 2. The number of benzene rings is 4. The highest BCUT2D eigenvalue weighted by Crippen LogP contribution is 2.27. The van der Waals surface area contributed by atoms with Gasteiger partial charge in [0.25, 0.3) is 10.0 Å². The molecule has 0 saturated carbocycles. The molecule has 4 rings (SSSR count). The van der Waals surface area contributed by atoms with E-state index in [2.05, 4.69) is 5.32 Å². The number of unbranched alkanes of at least 4 members (excludes halogenated alkanes) is 1. The minimum Gasteiger partial charge on any atom is -0.497 e. The number of hydrogen-bond acceptors (Lipinski definition) is 5. The average molecular weight is 642 g/mol. The molecular weight excluding hydrogens is 598 g/mol. The van der Waals surface area contributed by atoms with E-state index in [1.165, 1.54) is 24.1 Å². The Kier molecular flexibility index (Phi) is 12.0. The number of anilines is 1. The maximum Gasteiger partial charge on any atom is 0.264 e. The second-order valence-electron chi connectivity index (χ2n) is 11.4. The minimum atomic E-state index is -4.18. The summed E-state index contributed by atoms with van der Waals surface area (Å²) >= 11 is 0. The summed E-state index contributed by atoms with van der Waals surface area (Å²) in [5, 5.41) is 3.02. The van der Waals surface area contributed by atoms with Gasteiger partial charge in [-0.25, -0.2) is 8.42 Å². The van der Waals surface area contributed by atoms with E-state index < -0.39 is 28.5 Å². The highest BCUT2D eigenvalue weighted by atomic mass is 32.2. The Hall–Kier alpha value is -4.63. The van der Waals surface area contributed by atoms with Gasteiger partial charge in [-0.05, 0) is 67.8 Å². The summed E-state index contributed by atoms with van der Waals surface area (Å²) in [5.74, 6) is -0.231. The number of nitrogens with zero attached hydrogens (tertiary/aromatic N) is 2. The molecule has 0 aromatic heterocycles. The standard InChI is InChI=1S/C37H43N3O5S/c1-5-6-23-38-37(42)35(25-30-12-8-7-9-13-30)39(26-31-14-10-11-29(3)24-31)36(41)27-40(32-17-19-33(45-4)20-18-32)46(43,44)34-21-15-28(2)16-22-34/h7-22,24,35H,5-6,23,25-27H2,1-4H3,(H,38,42). The number of methoxy groups -OCH3 is 1. The second-order valence-corrected chi connectivity index (χ2v) is 13.2. The summed E-state index contributed by atoms with van der Waals surface area (Å²) in [7, 11) is -2.65. The van der Waals surface area contributed by atoms with Crippen molar-refractivity contribution in [1.29, 1.82) is 0 Å². The van der Waals surface area contributed by atoms with Crippen molar-refractivity contribution in [3.8, 4) is 5.75 Å². The van der Waals surface area contributed by atoms with Crippen LogP contribution in [0.5, 0.6) is 5.75 Å². The van der Waals surface area contributed by atoms with Crippen LogP contribution in [0, 0.1) is 13.8 Å². The van der Waals surface area contributed by atoms with Gasteiger partial charge in [0.2, 0.25) is 11.8 Å². The molecule has 0 saturated heterocycles. The van der Waals surface area contributed by atoms with E-state index in [0.717, 1.165) is 39.4 Å². The zero-order valence-corrected chi connectivity index (χ0v) is 27.8. The lowest BCUT2D eigenvalue weighted by molar-refractivity contribution is -0.140. The molecule has 242 valence electrons. The van der Waals surface area contributed by atoms with Gasteiger partial charge in [0.15, 0.2) is 0 Å². The van der Waals surface area contributed by atoms with Crippen molar-refractivity contribution in [3.63, 3.8) is 0 Å². The molecule has 2 amide bonds. The predicted octanol–water partition coefficient (Wildman–Crippen LogP) is 6.06. The van der Waals surface area contributed by atoms with Crippen LogP contribution < -0.4 is 14.4 Å². The van der Waals surface area contributed by atoms with Gasteiger partial charge in [-0.1, -0.05) is 91.2 Å². The van der Waals surface area contributed by atoms with Crippen LogP contribution in [-0.2, 0) is 32.6 Å². The first-order chi connectivity index (χ1) is 22.1. The fraction of sp³-hybridized carbons (Fsp3) is 0.297. The number of hydrogen-bond donors (Lipinski definition) is 1. The highest BCUT2D eigenvalue weighted by Gasteiger charge is 2.34. The molecule has 4 aromatic rings. The molecule has 0 aliphatic carbocycles. The van der Waals surface area contributed by atoms with E-state index in [4.69, 9.17) is 4.74 Å². The van der Waals surface area contributed by atoms with Crippen molar-refractivity contribution in [2.75, 3.05) is 24.5 Å². The van der Waals surface area contributed by atoms with Crippen LogP contribution in [0.3, 0.4) is 0 Å². The van der Waals surface area contributed by atoms with Gasteiger partial charge in [-0.3, -0.25) is 13.9 Å². The zero-order chi connectivity index (χ0) is 33.1. The van der Waals surface area contributed by atoms with Crippen LogP contribution in [0.25, 0.3) is 0 Å². The van der Waals surface area contributed by atoms with Crippen LogP contribution in [0.15, 0.2) is 108 Å². The summed E-state index contributed by atoms with van der Waals surface area (Å²) in [4.78, 5) is 30.0. The normalized spacial score (nSPS) is 11.8. The SMILES string of the molecule is CCCCNC(=O)C(Cc1ccccc1)N(Cc1cccc(C)c1)C(=O)CN(c1ccc(OC)cc1)S(=O)(=O)c1ccc(C)cc1. The van der Waals surface area contributed by atoms with E-state index in [-0.39, 0.29) is 23.8 Å². The Morgan fingerprint density at radius 3 is 2.13 bits per heavy atom. The van der Waals surface area contributed by atoms with E-state index in [9.17, 15) is 18.0 Å². The zero-order valence-electron chi connectivity index (χ0n) is 27.0. The van der Waals surface area contributed by atoms with Gasteiger partial charge in [-0.2, -0.15) is 0 Å². The minimum absolute atomic E-state index is 0.0603. The maximum atomic E-state index is 14.6. The van der Waals surface area contributed by atoms with Crippen molar-refractivity contribution >= 4 is 27.5 Å². The van der Waals surface area contributed by atoms with Gasteiger partial charge in [0.05, 0.1) is 17.7 Å². The topological polar surface area (TPSA) is 96.0 Å². The Morgan fingerprint density at radius 2 is 1.50 bits per heavy atom. The lowest BCUT2D eigenvalue weighted by Gasteiger charge is -2.34. The van der Waals surface area contributed by atoms with Crippen LogP contribution in [0.2, 0.25) is 0 Å². The van der Waals surface area contributed by atoms with E-state index in [0.29, 0.717) is 18.0 Å². The molecule has 1 N–H and O–H groups in total. The number of rotatable bonds is 15. The first-order valence-electron chi connectivity index (χ1n) is 15.5. The third kappa shape index (κ3) is 8.97. The van der Waals surface area contributed by atoms with Crippen LogP contribution in [-0.4, -0.2) is 51.4 Å². The molecule has 4 aromatic carbocycles. The fourth-order valence-electron chi connectivity index (χ4n) is 5.18. The van der Waals surface area contributed by atoms with Crippen LogP contribution in [0.1, 0.15) is 42.0 Å². The number of ether oxygens (including phenoxy) is 1. The molecule has 46 heavy (non-hydrogen) atoms. The summed E-state index contributed by atoms with van der Waals surface area (Å²) in [6.45, 7) is 5.98.